The van der Waals surface area contributed by atoms with Gasteiger partial charge in [0.2, 0.25) is 11.8 Å². The van der Waals surface area contributed by atoms with Crippen molar-refractivity contribution >= 4 is 6.03 Å². The fourth-order valence-corrected chi connectivity index (χ4v) is 2.26. The van der Waals surface area contributed by atoms with Crippen LogP contribution in [0.4, 0.5) is 13.6 Å². The maximum atomic E-state index is 14.0. The summed E-state index contributed by atoms with van der Waals surface area (Å²) in [6.07, 6.45) is -0.839. The highest BCUT2D eigenvalue weighted by Gasteiger charge is 2.43. The van der Waals surface area contributed by atoms with E-state index in [1.165, 1.54) is 25.7 Å². The number of aromatic nitrogens is 2. The van der Waals surface area contributed by atoms with Crippen molar-refractivity contribution in [2.75, 3.05) is 19.6 Å². The van der Waals surface area contributed by atoms with E-state index in [0.29, 0.717) is 12.4 Å². The quantitative estimate of drug-likeness (QED) is 0.910. The number of halogens is 2. The van der Waals surface area contributed by atoms with Crippen molar-refractivity contribution in [3.05, 3.63) is 11.8 Å². The fraction of sp³-hybridized carbons (Fsp3) is 0.800. The van der Waals surface area contributed by atoms with Crippen LogP contribution in [0.5, 0.6) is 0 Å². The minimum Gasteiger partial charge on any atom is -0.423 e. The van der Waals surface area contributed by atoms with Gasteiger partial charge in [-0.2, -0.15) is 0 Å². The summed E-state index contributed by atoms with van der Waals surface area (Å²) in [4.78, 5) is 13.7. The molecule has 0 unspecified atom stereocenters. The van der Waals surface area contributed by atoms with Crippen LogP contribution in [-0.4, -0.2) is 52.8 Å². The Morgan fingerprint density at radius 1 is 1.33 bits per heavy atom. The van der Waals surface area contributed by atoms with Gasteiger partial charge in [-0.1, -0.05) is 20.8 Å². The normalized spacial score (nSPS) is 22.5. The third-order valence-electron chi connectivity index (χ3n) is 3.92. The van der Waals surface area contributed by atoms with Gasteiger partial charge in [-0.3, -0.25) is 0 Å². The van der Waals surface area contributed by atoms with Gasteiger partial charge < -0.3 is 19.4 Å². The largest absolute Gasteiger partial charge is 0.423 e. The van der Waals surface area contributed by atoms with Crippen LogP contribution in [0, 0.1) is 12.3 Å². The van der Waals surface area contributed by atoms with Crippen LogP contribution in [0.2, 0.25) is 0 Å². The highest BCUT2D eigenvalue weighted by Crippen LogP contribution is 2.35. The molecule has 1 aliphatic rings. The van der Waals surface area contributed by atoms with Gasteiger partial charge in [-0.25, -0.2) is 13.6 Å². The number of urea groups is 1. The first-order chi connectivity index (χ1) is 11.0. The number of carbonyl (C=O) groups excluding carboxylic acids is 1. The summed E-state index contributed by atoms with van der Waals surface area (Å²) in [7, 11) is 0. The lowest BCUT2D eigenvalue weighted by atomic mass is 9.88. The van der Waals surface area contributed by atoms with E-state index in [1.54, 1.807) is 13.8 Å². The van der Waals surface area contributed by atoms with E-state index in [1.807, 2.05) is 0 Å². The minimum absolute atomic E-state index is 0.166. The number of hydrogen-bond acceptors (Lipinski definition) is 5. The number of alkyl halides is 2. The molecule has 1 fully saturated rings. The molecule has 24 heavy (non-hydrogen) atoms. The molecule has 0 saturated carbocycles. The molecule has 2 amide bonds. The van der Waals surface area contributed by atoms with E-state index in [0.717, 1.165) is 0 Å². The van der Waals surface area contributed by atoms with Crippen molar-refractivity contribution in [3.8, 4) is 0 Å². The first-order valence-electron chi connectivity index (χ1n) is 7.85. The zero-order valence-corrected chi connectivity index (χ0v) is 14.6. The molecule has 2 heterocycles. The Kier molecular flexibility index (Phi) is 5.12. The summed E-state index contributed by atoms with van der Waals surface area (Å²) >= 11 is 0. The number of rotatable bonds is 3. The summed E-state index contributed by atoms with van der Waals surface area (Å²) in [6.45, 7) is 7.50. The molecule has 136 valence electrons. The van der Waals surface area contributed by atoms with Crippen LogP contribution in [0.15, 0.2) is 4.42 Å². The monoisotopic (exact) mass is 346 g/mol. The molecule has 2 atom stereocenters. The van der Waals surface area contributed by atoms with Crippen LogP contribution >= 0.6 is 0 Å². The number of morpholine rings is 1. The third kappa shape index (κ3) is 4.19. The fourth-order valence-electron chi connectivity index (χ4n) is 2.26. The Labute approximate surface area is 139 Å². The van der Waals surface area contributed by atoms with Crippen molar-refractivity contribution in [1.29, 1.82) is 0 Å². The van der Waals surface area contributed by atoms with Gasteiger partial charge >= 0.3 is 6.03 Å². The topological polar surface area (TPSA) is 80.5 Å². The van der Waals surface area contributed by atoms with E-state index in [4.69, 9.17) is 9.15 Å². The summed E-state index contributed by atoms with van der Waals surface area (Å²) in [5.41, 5.74) is -1.23. The molecule has 2 rings (SSSR count). The molecule has 0 bridgehead atoms. The van der Waals surface area contributed by atoms with E-state index >= 15 is 0 Å². The average Bonchev–Trinajstić information content (AvgIpc) is 2.89. The minimum atomic E-state index is -3.01. The molecule has 0 aliphatic carbocycles. The standard InChI is InChI=1S/C15H24F2N4O3/c1-9-6-21(7-11(23-9)12-20-19-10(2)24-12)13(22)18-8-15(16,17)14(3,4)5/h9,11H,6-8H2,1-5H3,(H,18,22)/t9-,11-/m1/s1. The highest BCUT2D eigenvalue weighted by molar-refractivity contribution is 5.74. The number of aryl methyl sites for hydroxylation is 1. The van der Waals surface area contributed by atoms with Crippen LogP contribution in [-0.2, 0) is 4.74 Å². The van der Waals surface area contributed by atoms with Crippen molar-refractivity contribution in [1.82, 2.24) is 20.4 Å². The second-order valence-electron chi connectivity index (χ2n) is 7.11. The Bertz CT molecular complexity index is 586. The smallest absolute Gasteiger partial charge is 0.317 e. The molecule has 0 radical (unpaired) electrons. The van der Waals surface area contributed by atoms with E-state index in [9.17, 15) is 13.6 Å². The van der Waals surface area contributed by atoms with Crippen LogP contribution in [0.25, 0.3) is 0 Å². The summed E-state index contributed by atoms with van der Waals surface area (Å²) < 4.78 is 39.0. The molecule has 7 nitrogen and oxygen atoms in total. The average molecular weight is 346 g/mol. The molecule has 1 N–H and O–H groups in total. The molecule has 1 aromatic heterocycles. The van der Waals surface area contributed by atoms with E-state index in [2.05, 4.69) is 15.5 Å². The molecule has 1 saturated heterocycles. The summed E-state index contributed by atoms with van der Waals surface area (Å²) in [6, 6.07) is -0.560. The van der Waals surface area contributed by atoms with Crippen molar-refractivity contribution in [3.63, 3.8) is 0 Å². The number of amides is 2. The lowest BCUT2D eigenvalue weighted by Gasteiger charge is -2.36. The van der Waals surface area contributed by atoms with Gasteiger partial charge in [0, 0.05) is 18.9 Å². The molecule has 0 aromatic carbocycles. The Morgan fingerprint density at radius 2 is 2.00 bits per heavy atom. The molecule has 9 heteroatoms. The predicted octanol–water partition coefficient (Wildman–Crippen LogP) is 2.53. The first-order valence-corrected chi connectivity index (χ1v) is 7.85. The van der Waals surface area contributed by atoms with Crippen LogP contribution in [0.3, 0.4) is 0 Å². The number of carbonyl (C=O) groups is 1. The van der Waals surface area contributed by atoms with Crippen molar-refractivity contribution in [2.24, 2.45) is 5.41 Å². The number of hydrogen-bond donors (Lipinski definition) is 1. The lowest BCUT2D eigenvalue weighted by molar-refractivity contribution is -0.0949. The van der Waals surface area contributed by atoms with Crippen molar-refractivity contribution in [2.45, 2.75) is 52.7 Å². The zero-order valence-electron chi connectivity index (χ0n) is 14.6. The Balaban J connectivity index is 1.99. The number of nitrogens with one attached hydrogen (secondary N) is 1. The SMILES string of the molecule is Cc1nnc([C@H]2CN(C(=O)NCC(F)(F)C(C)(C)C)C[C@@H](C)O2)o1. The summed E-state index contributed by atoms with van der Waals surface area (Å²) in [5.74, 6) is -2.34. The van der Waals surface area contributed by atoms with Gasteiger partial charge in [-0.15, -0.1) is 10.2 Å². The lowest BCUT2D eigenvalue weighted by Crippen LogP contribution is -2.53. The van der Waals surface area contributed by atoms with Crippen molar-refractivity contribution < 1.29 is 22.7 Å². The van der Waals surface area contributed by atoms with Gasteiger partial charge in [0.05, 0.1) is 19.2 Å². The second-order valence-corrected chi connectivity index (χ2v) is 7.11. The maximum Gasteiger partial charge on any atom is 0.317 e. The Morgan fingerprint density at radius 3 is 2.54 bits per heavy atom. The third-order valence-corrected chi connectivity index (χ3v) is 3.92. The molecule has 1 aliphatic heterocycles. The number of ether oxygens (including phenoxy) is 1. The van der Waals surface area contributed by atoms with Crippen LogP contribution in [0.1, 0.15) is 45.6 Å². The van der Waals surface area contributed by atoms with Gasteiger partial charge in [0.25, 0.3) is 5.92 Å². The maximum absolute atomic E-state index is 14.0. The molecule has 0 spiro atoms. The number of nitrogens with zero attached hydrogens (tertiary/aromatic N) is 3. The first kappa shape index (κ1) is 18.6. The zero-order chi connectivity index (χ0) is 18.1. The Hall–Kier alpha value is -1.77. The van der Waals surface area contributed by atoms with E-state index < -0.39 is 30.0 Å². The van der Waals surface area contributed by atoms with E-state index in [-0.39, 0.29) is 18.5 Å². The highest BCUT2D eigenvalue weighted by atomic mass is 19.3. The molecular formula is C15H24F2N4O3. The molecule has 1 aromatic rings. The van der Waals surface area contributed by atoms with Gasteiger partial charge in [-0.05, 0) is 6.92 Å². The second kappa shape index (κ2) is 6.62. The van der Waals surface area contributed by atoms with Crippen LogP contribution < -0.4 is 5.32 Å². The summed E-state index contributed by atoms with van der Waals surface area (Å²) in [5, 5.41) is 9.94. The predicted molar refractivity (Wildman–Crippen MR) is 81.7 cm³/mol. The molecular weight excluding hydrogens is 322 g/mol. The van der Waals surface area contributed by atoms with Gasteiger partial charge in [0.1, 0.15) is 0 Å². The van der Waals surface area contributed by atoms with Gasteiger partial charge in [0.15, 0.2) is 6.10 Å².